The van der Waals surface area contributed by atoms with Crippen molar-refractivity contribution in [3.63, 3.8) is 0 Å². The average molecular weight is 467 g/mol. The number of amides is 1. The number of aromatic nitrogens is 5. The van der Waals surface area contributed by atoms with Crippen LogP contribution in [0, 0.1) is 0 Å². The van der Waals surface area contributed by atoms with Gasteiger partial charge in [0, 0.05) is 6.54 Å². The first-order valence-corrected chi connectivity index (χ1v) is 12.3. The number of nitrogens with zero attached hydrogens (tertiary/aromatic N) is 6. The lowest BCUT2D eigenvalue weighted by molar-refractivity contribution is -0.129. The molecule has 8 nitrogen and oxygen atoms in total. The molecule has 0 spiro atoms. The van der Waals surface area contributed by atoms with Crippen molar-refractivity contribution in [1.82, 2.24) is 30.1 Å². The van der Waals surface area contributed by atoms with E-state index in [9.17, 15) is 4.79 Å². The fourth-order valence-electron chi connectivity index (χ4n) is 3.89. The first-order chi connectivity index (χ1) is 15.7. The Morgan fingerprint density at radius 3 is 2.94 bits per heavy atom. The molecule has 0 unspecified atom stereocenters. The molecule has 1 saturated heterocycles. The summed E-state index contributed by atoms with van der Waals surface area (Å²) >= 11 is 3.01. The Kier molecular flexibility index (Phi) is 6.04. The molecule has 1 fully saturated rings. The monoisotopic (exact) mass is 466 g/mol. The molecule has 2 aromatic heterocycles. The zero-order valence-electron chi connectivity index (χ0n) is 17.5. The second-order valence-corrected chi connectivity index (χ2v) is 9.33. The molecule has 0 bridgehead atoms. The number of carbonyl (C=O) groups excluding carboxylic acids is 1. The normalized spacial score (nSPS) is 16.0. The molecule has 1 atom stereocenters. The van der Waals surface area contributed by atoms with Crippen LogP contribution in [0.3, 0.4) is 0 Å². The van der Waals surface area contributed by atoms with Crippen molar-refractivity contribution in [1.29, 1.82) is 0 Å². The van der Waals surface area contributed by atoms with E-state index in [1.54, 1.807) is 16.0 Å². The molecule has 1 aliphatic heterocycles. The molecule has 0 aliphatic carbocycles. The number of thiazole rings is 1. The highest BCUT2D eigenvalue weighted by atomic mass is 32.2. The van der Waals surface area contributed by atoms with Gasteiger partial charge in [-0.15, -0.1) is 16.4 Å². The van der Waals surface area contributed by atoms with Gasteiger partial charge in [0.2, 0.25) is 11.1 Å². The summed E-state index contributed by atoms with van der Waals surface area (Å²) in [5, 5.41) is 13.6. The van der Waals surface area contributed by atoms with E-state index < -0.39 is 0 Å². The highest BCUT2D eigenvalue weighted by Gasteiger charge is 2.32. The van der Waals surface area contributed by atoms with Gasteiger partial charge in [0.25, 0.3) is 0 Å². The van der Waals surface area contributed by atoms with E-state index in [1.165, 1.54) is 11.8 Å². The minimum absolute atomic E-state index is 0.0372. The standard InChI is InChI=1S/C22H22N6O2S2/c1-2-30-18-11-5-4-9-16(18)28-22(24-25-26-28)31-14-20(29)27-13-7-10-17(27)21-23-15-8-3-6-12-19(15)32-21/h3-6,8-9,11-12,17H,2,7,10,13-14H2,1H3/t17-/m0/s1. The van der Waals surface area contributed by atoms with E-state index in [4.69, 9.17) is 9.72 Å². The number of carbonyl (C=O) groups is 1. The maximum atomic E-state index is 13.1. The predicted molar refractivity (Wildman–Crippen MR) is 124 cm³/mol. The van der Waals surface area contributed by atoms with Gasteiger partial charge >= 0.3 is 0 Å². The van der Waals surface area contributed by atoms with Gasteiger partial charge in [-0.25, -0.2) is 4.98 Å². The predicted octanol–water partition coefficient (Wildman–Crippen LogP) is 4.13. The molecule has 5 rings (SSSR count). The summed E-state index contributed by atoms with van der Waals surface area (Å²) in [6, 6.07) is 15.7. The third kappa shape index (κ3) is 4.07. The van der Waals surface area contributed by atoms with Gasteiger partial charge in [0.15, 0.2) is 0 Å². The molecular weight excluding hydrogens is 444 g/mol. The first-order valence-electron chi connectivity index (χ1n) is 10.5. The quantitative estimate of drug-likeness (QED) is 0.379. The molecule has 1 amide bonds. The topological polar surface area (TPSA) is 86.0 Å². The number of ether oxygens (including phenoxy) is 1. The fourth-order valence-corrected chi connectivity index (χ4v) is 5.78. The molecule has 4 aromatic rings. The van der Waals surface area contributed by atoms with Crippen LogP contribution in [-0.4, -0.2) is 54.9 Å². The third-order valence-electron chi connectivity index (χ3n) is 5.33. The molecule has 32 heavy (non-hydrogen) atoms. The smallest absolute Gasteiger partial charge is 0.233 e. The second kappa shape index (κ2) is 9.25. The van der Waals surface area contributed by atoms with Crippen molar-refractivity contribution >= 4 is 39.2 Å². The number of hydrogen-bond donors (Lipinski definition) is 0. The summed E-state index contributed by atoms with van der Waals surface area (Å²) in [4.78, 5) is 19.9. The number of para-hydroxylation sites is 3. The zero-order chi connectivity index (χ0) is 21.9. The lowest BCUT2D eigenvalue weighted by Crippen LogP contribution is -2.32. The molecule has 2 aromatic carbocycles. The molecule has 0 radical (unpaired) electrons. The molecule has 164 valence electrons. The van der Waals surface area contributed by atoms with Crippen molar-refractivity contribution in [2.24, 2.45) is 0 Å². The van der Waals surface area contributed by atoms with Crippen molar-refractivity contribution in [3.8, 4) is 11.4 Å². The minimum Gasteiger partial charge on any atom is -0.492 e. The summed E-state index contributed by atoms with van der Waals surface area (Å²) in [6.45, 7) is 3.23. The summed E-state index contributed by atoms with van der Waals surface area (Å²) in [6.07, 6.45) is 1.92. The highest BCUT2D eigenvalue weighted by Crippen LogP contribution is 2.37. The highest BCUT2D eigenvalue weighted by molar-refractivity contribution is 7.99. The summed E-state index contributed by atoms with van der Waals surface area (Å²) in [5.41, 5.74) is 1.75. The van der Waals surface area contributed by atoms with Crippen molar-refractivity contribution in [2.45, 2.75) is 31.0 Å². The summed E-state index contributed by atoms with van der Waals surface area (Å²) in [7, 11) is 0. The van der Waals surface area contributed by atoms with Crippen LogP contribution < -0.4 is 4.74 Å². The zero-order valence-corrected chi connectivity index (χ0v) is 19.2. The van der Waals surface area contributed by atoms with Crippen LogP contribution in [0.1, 0.15) is 30.8 Å². The van der Waals surface area contributed by atoms with Crippen LogP contribution in [0.2, 0.25) is 0 Å². The number of fused-ring (bicyclic) bond motifs is 1. The van der Waals surface area contributed by atoms with Gasteiger partial charge < -0.3 is 9.64 Å². The Labute approximate surface area is 193 Å². The van der Waals surface area contributed by atoms with Crippen LogP contribution >= 0.6 is 23.1 Å². The molecule has 3 heterocycles. The molecular formula is C22H22N6O2S2. The number of rotatable bonds is 7. The SMILES string of the molecule is CCOc1ccccc1-n1nnnc1SCC(=O)N1CCC[C@H]1c1nc2ccccc2s1. The molecule has 0 saturated carbocycles. The molecule has 0 N–H and O–H groups in total. The number of tetrazole rings is 1. The van der Waals surface area contributed by atoms with Crippen LogP contribution in [0.4, 0.5) is 0 Å². The van der Waals surface area contributed by atoms with Gasteiger partial charge in [-0.1, -0.05) is 36.0 Å². The van der Waals surface area contributed by atoms with Gasteiger partial charge in [0.1, 0.15) is 16.4 Å². The van der Waals surface area contributed by atoms with Gasteiger partial charge in [-0.3, -0.25) is 4.79 Å². The fraction of sp³-hybridized carbons (Fsp3) is 0.318. The number of thioether (sulfide) groups is 1. The van der Waals surface area contributed by atoms with Crippen molar-refractivity contribution < 1.29 is 9.53 Å². The van der Waals surface area contributed by atoms with E-state index >= 15 is 0 Å². The van der Waals surface area contributed by atoms with Crippen LogP contribution in [-0.2, 0) is 4.79 Å². The average Bonchev–Trinajstić information content (AvgIpc) is 3.57. The maximum absolute atomic E-state index is 13.1. The van der Waals surface area contributed by atoms with E-state index in [0.717, 1.165) is 40.3 Å². The Hall–Kier alpha value is -2.98. The first kappa shape index (κ1) is 20.9. The van der Waals surface area contributed by atoms with Gasteiger partial charge in [0.05, 0.1) is 28.6 Å². The Bertz CT molecular complexity index is 1210. The maximum Gasteiger partial charge on any atom is 0.233 e. The number of likely N-dealkylation sites (tertiary alicyclic amines) is 1. The minimum atomic E-state index is 0.0372. The number of hydrogen-bond acceptors (Lipinski definition) is 8. The third-order valence-corrected chi connectivity index (χ3v) is 7.37. The molecule has 10 heteroatoms. The summed E-state index contributed by atoms with van der Waals surface area (Å²) < 4.78 is 8.48. The second-order valence-electron chi connectivity index (χ2n) is 7.33. The summed E-state index contributed by atoms with van der Waals surface area (Å²) in [5.74, 6) is 1.04. The Morgan fingerprint density at radius 1 is 1.22 bits per heavy atom. The Morgan fingerprint density at radius 2 is 2.06 bits per heavy atom. The molecule has 1 aliphatic rings. The van der Waals surface area contributed by atoms with Crippen LogP contribution in [0.15, 0.2) is 53.7 Å². The van der Waals surface area contributed by atoms with E-state index in [1.807, 2.05) is 54.3 Å². The van der Waals surface area contributed by atoms with Crippen LogP contribution in [0.25, 0.3) is 15.9 Å². The lowest BCUT2D eigenvalue weighted by Gasteiger charge is -2.22. The largest absolute Gasteiger partial charge is 0.492 e. The van der Waals surface area contributed by atoms with E-state index in [0.29, 0.717) is 17.5 Å². The number of benzene rings is 2. The Balaban J connectivity index is 1.31. The van der Waals surface area contributed by atoms with Crippen LogP contribution in [0.5, 0.6) is 5.75 Å². The van der Waals surface area contributed by atoms with Crippen molar-refractivity contribution in [2.75, 3.05) is 18.9 Å². The van der Waals surface area contributed by atoms with Gasteiger partial charge in [-0.2, -0.15) is 4.68 Å². The van der Waals surface area contributed by atoms with E-state index in [2.05, 4.69) is 21.6 Å². The van der Waals surface area contributed by atoms with Gasteiger partial charge in [-0.05, 0) is 54.5 Å². The van der Waals surface area contributed by atoms with E-state index in [-0.39, 0.29) is 17.7 Å². The van der Waals surface area contributed by atoms with Crippen molar-refractivity contribution in [3.05, 3.63) is 53.5 Å². The lowest BCUT2D eigenvalue weighted by atomic mass is 10.2.